The van der Waals surface area contributed by atoms with Crippen molar-refractivity contribution in [1.82, 2.24) is 15.5 Å². The summed E-state index contributed by atoms with van der Waals surface area (Å²) < 4.78 is 42.8. The quantitative estimate of drug-likeness (QED) is 0.116. The van der Waals surface area contributed by atoms with Crippen molar-refractivity contribution in [2.24, 2.45) is 0 Å². The van der Waals surface area contributed by atoms with Crippen LogP contribution >= 0.6 is 0 Å². The van der Waals surface area contributed by atoms with E-state index in [1.54, 1.807) is 14.2 Å². The molecule has 0 aromatic carbocycles. The molecule has 0 spiro atoms. The van der Waals surface area contributed by atoms with Gasteiger partial charge in [-0.25, -0.2) is 9.59 Å². The highest BCUT2D eigenvalue weighted by atomic mass is 28.4. The van der Waals surface area contributed by atoms with Gasteiger partial charge in [0.15, 0.2) is 0 Å². The Morgan fingerprint density at radius 3 is 1.58 bits per heavy atom. The number of nitrogens with zero attached hydrogens (tertiary/aromatic N) is 1. The minimum absolute atomic E-state index is 0.201. The van der Waals surface area contributed by atoms with E-state index >= 15 is 0 Å². The van der Waals surface area contributed by atoms with Gasteiger partial charge in [-0.15, -0.1) is 0 Å². The summed E-state index contributed by atoms with van der Waals surface area (Å²) >= 11 is 0. The van der Waals surface area contributed by atoms with E-state index in [2.05, 4.69) is 22.1 Å². The molecule has 0 saturated heterocycles. The fourth-order valence-electron chi connectivity index (χ4n) is 3.33. The van der Waals surface area contributed by atoms with Crippen molar-refractivity contribution < 1.29 is 46.9 Å². The molecular formula is C24H51N3O10Si. The zero-order chi connectivity index (χ0) is 28.3. The van der Waals surface area contributed by atoms with E-state index in [0.717, 1.165) is 19.0 Å². The smallest absolute Gasteiger partial charge is 0.407 e. The zero-order valence-corrected chi connectivity index (χ0v) is 25.1. The third-order valence-electron chi connectivity index (χ3n) is 5.18. The summed E-state index contributed by atoms with van der Waals surface area (Å²) in [5, 5.41) is 5.30. The number of methoxy groups -OCH3 is 2. The summed E-state index contributed by atoms with van der Waals surface area (Å²) in [4.78, 5) is 26.0. The summed E-state index contributed by atoms with van der Waals surface area (Å²) in [7, 11) is 0.977. The Labute approximate surface area is 229 Å². The average Bonchev–Trinajstić information content (AvgIpc) is 2.88. The number of hydrogen-bond donors (Lipinski definition) is 2. The maximum atomic E-state index is 11.9. The predicted octanol–water partition coefficient (Wildman–Crippen LogP) is 1.60. The number of hydrogen-bond acceptors (Lipinski definition) is 11. The molecule has 38 heavy (non-hydrogen) atoms. The predicted molar refractivity (Wildman–Crippen MR) is 145 cm³/mol. The molecule has 0 atom stereocenters. The first-order valence-electron chi connectivity index (χ1n) is 13.4. The van der Waals surface area contributed by atoms with Crippen molar-refractivity contribution in [3.05, 3.63) is 0 Å². The molecule has 0 bridgehead atoms. The Morgan fingerprint density at radius 2 is 1.16 bits per heavy atom. The molecule has 0 heterocycles. The van der Waals surface area contributed by atoms with E-state index in [4.69, 9.17) is 37.3 Å². The minimum Gasteiger partial charge on any atom is -0.448 e. The lowest BCUT2D eigenvalue weighted by Gasteiger charge is -2.28. The topological polar surface area (TPSA) is 135 Å². The van der Waals surface area contributed by atoms with E-state index in [-0.39, 0.29) is 13.2 Å². The third kappa shape index (κ3) is 22.5. The van der Waals surface area contributed by atoms with Crippen molar-refractivity contribution in [3.8, 4) is 0 Å². The molecule has 226 valence electrons. The van der Waals surface area contributed by atoms with Gasteiger partial charge < -0.3 is 47.9 Å². The third-order valence-corrected chi connectivity index (χ3v) is 8.24. The van der Waals surface area contributed by atoms with Gasteiger partial charge in [0.2, 0.25) is 0 Å². The fourth-order valence-corrected chi connectivity index (χ4v) is 5.73. The van der Waals surface area contributed by atoms with Gasteiger partial charge in [0, 0.05) is 53.6 Å². The number of carbonyl (C=O) groups is 2. The highest BCUT2D eigenvalue weighted by Crippen LogP contribution is 2.16. The highest BCUT2D eigenvalue weighted by molar-refractivity contribution is 6.66. The number of carbonyl (C=O) groups excluding carboxylic acids is 2. The van der Waals surface area contributed by atoms with Gasteiger partial charge in [0.25, 0.3) is 0 Å². The van der Waals surface area contributed by atoms with Crippen molar-refractivity contribution in [2.75, 3.05) is 113 Å². The molecule has 0 fully saturated rings. The van der Waals surface area contributed by atoms with E-state index in [1.807, 2.05) is 13.8 Å². The summed E-state index contributed by atoms with van der Waals surface area (Å²) in [6, 6.07) is 0.833. The molecular weight excluding hydrogens is 518 g/mol. The molecule has 0 aromatic heterocycles. The van der Waals surface area contributed by atoms with Crippen LogP contribution in [0.15, 0.2) is 0 Å². The van der Waals surface area contributed by atoms with E-state index in [1.165, 1.54) is 0 Å². The number of amides is 2. The molecule has 13 nitrogen and oxygen atoms in total. The molecule has 14 heteroatoms. The minimum atomic E-state index is -2.23. The van der Waals surface area contributed by atoms with Gasteiger partial charge in [-0.2, -0.15) is 0 Å². The highest BCUT2D eigenvalue weighted by Gasteiger charge is 2.30. The molecule has 0 aromatic rings. The standard InChI is InChI=1S/C24H51N3O10Si/c1-6-36-38(5,37-7-2)22-8-11-27(12-16-34-23(28)25-9-14-32-20-18-30-3)13-17-35-24(29)26-10-15-33-21-19-31-4/h6-22H2,1-5H3,(H,25,28)(H,26,29). The van der Waals surface area contributed by atoms with Crippen LogP contribution in [0.5, 0.6) is 0 Å². The SMILES string of the molecule is CCO[Si](C)(CCCN(CCOC(=O)NCCOCCOC)CCOC(=O)NCCOCCOC)OCC. The van der Waals surface area contributed by atoms with Crippen LogP contribution in [0.25, 0.3) is 0 Å². The van der Waals surface area contributed by atoms with Crippen LogP contribution in [0.1, 0.15) is 20.3 Å². The second-order valence-corrected chi connectivity index (χ2v) is 11.6. The van der Waals surface area contributed by atoms with Crippen LogP contribution in [0.2, 0.25) is 12.6 Å². The Balaban J connectivity index is 4.45. The van der Waals surface area contributed by atoms with Crippen LogP contribution in [0.4, 0.5) is 9.59 Å². The molecule has 0 aliphatic heterocycles. The van der Waals surface area contributed by atoms with Gasteiger partial charge in [-0.05, 0) is 39.4 Å². The second kappa shape index (κ2) is 25.7. The Morgan fingerprint density at radius 1 is 0.684 bits per heavy atom. The first-order chi connectivity index (χ1) is 18.4. The first-order valence-corrected chi connectivity index (χ1v) is 15.9. The normalized spacial score (nSPS) is 11.5. The summed E-state index contributed by atoms with van der Waals surface area (Å²) in [5.41, 5.74) is 0. The van der Waals surface area contributed by atoms with Gasteiger partial charge in [0.1, 0.15) is 13.2 Å². The maximum Gasteiger partial charge on any atom is 0.407 e. The van der Waals surface area contributed by atoms with E-state index in [0.29, 0.717) is 79.0 Å². The van der Waals surface area contributed by atoms with Gasteiger partial charge in [-0.3, -0.25) is 4.90 Å². The van der Waals surface area contributed by atoms with Crippen molar-refractivity contribution >= 4 is 20.7 Å². The second-order valence-electron chi connectivity index (χ2n) is 8.28. The molecule has 2 amide bonds. The van der Waals surface area contributed by atoms with E-state index < -0.39 is 20.7 Å². The van der Waals surface area contributed by atoms with Gasteiger partial charge in [-0.1, -0.05) is 0 Å². The van der Waals surface area contributed by atoms with Gasteiger partial charge in [0.05, 0.1) is 39.6 Å². The number of alkyl carbamates (subject to hydrolysis) is 2. The van der Waals surface area contributed by atoms with Crippen LogP contribution in [-0.4, -0.2) is 139 Å². The lowest BCUT2D eigenvalue weighted by Crippen LogP contribution is -2.40. The largest absolute Gasteiger partial charge is 0.448 e. The molecule has 0 rings (SSSR count). The molecule has 0 radical (unpaired) electrons. The lowest BCUT2D eigenvalue weighted by atomic mass is 10.4. The number of ether oxygens (including phenoxy) is 6. The number of rotatable bonds is 26. The van der Waals surface area contributed by atoms with Crippen molar-refractivity contribution in [3.63, 3.8) is 0 Å². The monoisotopic (exact) mass is 569 g/mol. The molecule has 0 unspecified atom stereocenters. The average molecular weight is 570 g/mol. The lowest BCUT2D eigenvalue weighted by molar-refractivity contribution is 0.0687. The van der Waals surface area contributed by atoms with Gasteiger partial charge >= 0.3 is 20.7 Å². The summed E-state index contributed by atoms with van der Waals surface area (Å²) in [6.07, 6.45) is -0.161. The van der Waals surface area contributed by atoms with Crippen LogP contribution in [0, 0.1) is 0 Å². The maximum absolute atomic E-state index is 11.9. The van der Waals surface area contributed by atoms with Crippen molar-refractivity contribution in [2.45, 2.75) is 32.9 Å². The summed E-state index contributed by atoms with van der Waals surface area (Å²) in [6.45, 7) is 12.8. The molecule has 0 aliphatic carbocycles. The summed E-state index contributed by atoms with van der Waals surface area (Å²) in [5.74, 6) is 0. The fraction of sp³-hybridized carbons (Fsp3) is 0.917. The molecule has 2 N–H and O–H groups in total. The molecule has 0 aliphatic rings. The Kier molecular flexibility index (Phi) is 24.7. The van der Waals surface area contributed by atoms with Crippen LogP contribution < -0.4 is 10.6 Å². The van der Waals surface area contributed by atoms with Crippen LogP contribution in [-0.2, 0) is 37.3 Å². The van der Waals surface area contributed by atoms with Crippen LogP contribution in [0.3, 0.4) is 0 Å². The first kappa shape index (κ1) is 36.5. The Hall–Kier alpha value is -1.52. The number of nitrogens with one attached hydrogen (secondary N) is 2. The Bertz CT molecular complexity index is 538. The molecule has 0 saturated carbocycles. The van der Waals surface area contributed by atoms with E-state index in [9.17, 15) is 9.59 Å². The van der Waals surface area contributed by atoms with Crippen molar-refractivity contribution in [1.29, 1.82) is 0 Å². The zero-order valence-electron chi connectivity index (χ0n) is 24.1.